The first kappa shape index (κ1) is 13.3. The summed E-state index contributed by atoms with van der Waals surface area (Å²) in [6, 6.07) is 5.57. The van der Waals surface area contributed by atoms with E-state index in [1.165, 1.54) is 11.3 Å². The molecule has 18 heavy (non-hydrogen) atoms. The molecule has 0 bridgehead atoms. The Kier molecular flexibility index (Phi) is 4.19. The van der Waals surface area contributed by atoms with Crippen LogP contribution in [0.25, 0.3) is 10.2 Å². The lowest BCUT2D eigenvalue weighted by atomic mass is 10.1. The molecule has 0 saturated heterocycles. The van der Waals surface area contributed by atoms with Crippen LogP contribution in [-0.2, 0) is 9.53 Å². The van der Waals surface area contributed by atoms with Crippen LogP contribution in [0.4, 0.5) is 0 Å². The molecular formula is C13H14ClNO2S. The number of thiazole rings is 1. The van der Waals surface area contributed by atoms with Crippen molar-refractivity contribution in [3.05, 3.63) is 28.2 Å². The van der Waals surface area contributed by atoms with Crippen LogP contribution in [0.15, 0.2) is 18.2 Å². The van der Waals surface area contributed by atoms with E-state index in [2.05, 4.69) is 4.98 Å². The van der Waals surface area contributed by atoms with Gasteiger partial charge < -0.3 is 4.74 Å². The second-order valence-electron chi connectivity index (χ2n) is 3.88. The van der Waals surface area contributed by atoms with Gasteiger partial charge in [0.2, 0.25) is 0 Å². The number of halogens is 1. The second-order valence-corrected chi connectivity index (χ2v) is 5.38. The fourth-order valence-electron chi connectivity index (χ4n) is 1.75. The highest BCUT2D eigenvalue weighted by Gasteiger charge is 2.23. The molecule has 2 rings (SSSR count). The molecule has 5 heteroatoms. The zero-order valence-corrected chi connectivity index (χ0v) is 11.8. The van der Waals surface area contributed by atoms with Gasteiger partial charge in [0.15, 0.2) is 0 Å². The Morgan fingerprint density at radius 2 is 2.28 bits per heavy atom. The van der Waals surface area contributed by atoms with Gasteiger partial charge in [-0.1, -0.05) is 18.5 Å². The third kappa shape index (κ3) is 2.65. The standard InChI is InChI=1S/C13H14ClNO2S/c1-3-9(13(16)17-4-2)12-15-10-7-8(14)5-6-11(10)18-12/h5-7,9H,3-4H2,1-2H3. The maximum absolute atomic E-state index is 11.8. The SMILES string of the molecule is CCOC(=O)C(CC)c1nc2cc(Cl)ccc2s1. The van der Waals surface area contributed by atoms with E-state index in [0.29, 0.717) is 18.1 Å². The topological polar surface area (TPSA) is 39.2 Å². The number of hydrogen-bond donors (Lipinski definition) is 0. The van der Waals surface area contributed by atoms with Crippen molar-refractivity contribution in [2.45, 2.75) is 26.2 Å². The van der Waals surface area contributed by atoms with E-state index >= 15 is 0 Å². The molecule has 0 radical (unpaired) electrons. The minimum atomic E-state index is -0.277. The van der Waals surface area contributed by atoms with E-state index in [9.17, 15) is 4.79 Å². The molecule has 2 aromatic rings. The van der Waals surface area contributed by atoms with Crippen molar-refractivity contribution >= 4 is 39.1 Å². The highest BCUT2D eigenvalue weighted by atomic mass is 35.5. The molecule has 1 atom stereocenters. The zero-order chi connectivity index (χ0) is 13.1. The molecule has 1 unspecified atom stereocenters. The van der Waals surface area contributed by atoms with Crippen molar-refractivity contribution < 1.29 is 9.53 Å². The number of fused-ring (bicyclic) bond motifs is 1. The van der Waals surface area contributed by atoms with E-state index in [0.717, 1.165) is 15.2 Å². The molecule has 0 aliphatic carbocycles. The molecule has 0 spiro atoms. The summed E-state index contributed by atoms with van der Waals surface area (Å²) in [5.74, 6) is -0.480. The Labute approximate surface area is 115 Å². The number of aromatic nitrogens is 1. The van der Waals surface area contributed by atoms with Crippen molar-refractivity contribution in [3.8, 4) is 0 Å². The van der Waals surface area contributed by atoms with Crippen molar-refractivity contribution in [1.29, 1.82) is 0 Å². The van der Waals surface area contributed by atoms with Crippen LogP contribution in [-0.4, -0.2) is 17.6 Å². The monoisotopic (exact) mass is 283 g/mol. The first-order valence-corrected chi connectivity index (χ1v) is 7.07. The molecule has 0 fully saturated rings. The molecule has 0 amide bonds. The van der Waals surface area contributed by atoms with Gasteiger partial charge in [0.05, 0.1) is 16.8 Å². The van der Waals surface area contributed by atoms with Gasteiger partial charge in [-0.05, 0) is 31.5 Å². The van der Waals surface area contributed by atoms with Gasteiger partial charge in [-0.25, -0.2) is 4.98 Å². The van der Waals surface area contributed by atoms with E-state index in [1.807, 2.05) is 32.0 Å². The number of esters is 1. The Hall–Kier alpha value is -1.13. The molecule has 1 aromatic carbocycles. The summed E-state index contributed by atoms with van der Waals surface area (Å²) in [6.45, 7) is 4.16. The van der Waals surface area contributed by atoms with E-state index in [4.69, 9.17) is 16.3 Å². The summed E-state index contributed by atoms with van der Waals surface area (Å²) in [6.07, 6.45) is 0.687. The predicted molar refractivity (Wildman–Crippen MR) is 74.3 cm³/mol. The van der Waals surface area contributed by atoms with Crippen molar-refractivity contribution in [2.75, 3.05) is 6.61 Å². The average molecular weight is 284 g/mol. The van der Waals surface area contributed by atoms with Gasteiger partial charge >= 0.3 is 5.97 Å². The largest absolute Gasteiger partial charge is 0.465 e. The van der Waals surface area contributed by atoms with Crippen LogP contribution in [0, 0.1) is 0 Å². The molecular weight excluding hydrogens is 270 g/mol. The van der Waals surface area contributed by atoms with Crippen LogP contribution < -0.4 is 0 Å². The van der Waals surface area contributed by atoms with Gasteiger partial charge in [-0.15, -0.1) is 11.3 Å². The summed E-state index contributed by atoms with van der Waals surface area (Å²) in [5, 5.41) is 1.46. The number of nitrogens with zero attached hydrogens (tertiary/aromatic N) is 1. The number of hydrogen-bond acceptors (Lipinski definition) is 4. The van der Waals surface area contributed by atoms with Gasteiger partial charge in [0.1, 0.15) is 10.9 Å². The van der Waals surface area contributed by atoms with E-state index in [-0.39, 0.29) is 11.9 Å². The van der Waals surface area contributed by atoms with Gasteiger partial charge in [0, 0.05) is 5.02 Å². The van der Waals surface area contributed by atoms with Crippen molar-refractivity contribution in [2.24, 2.45) is 0 Å². The summed E-state index contributed by atoms with van der Waals surface area (Å²) in [4.78, 5) is 16.3. The molecule has 1 heterocycles. The molecule has 0 aliphatic heterocycles. The lowest BCUT2D eigenvalue weighted by Crippen LogP contribution is -2.14. The lowest BCUT2D eigenvalue weighted by molar-refractivity contribution is -0.145. The number of rotatable bonds is 4. The molecule has 0 aliphatic rings. The Balaban J connectivity index is 2.36. The molecule has 3 nitrogen and oxygen atoms in total. The summed E-state index contributed by atoms with van der Waals surface area (Å²) >= 11 is 7.45. The zero-order valence-electron chi connectivity index (χ0n) is 10.3. The Bertz CT molecular complexity index is 567. The minimum absolute atomic E-state index is 0.204. The van der Waals surface area contributed by atoms with Gasteiger partial charge in [-0.3, -0.25) is 4.79 Å². The Morgan fingerprint density at radius 3 is 2.94 bits per heavy atom. The maximum Gasteiger partial charge on any atom is 0.315 e. The maximum atomic E-state index is 11.8. The number of benzene rings is 1. The first-order chi connectivity index (χ1) is 8.65. The highest BCUT2D eigenvalue weighted by molar-refractivity contribution is 7.18. The van der Waals surface area contributed by atoms with Crippen molar-refractivity contribution in [3.63, 3.8) is 0 Å². The van der Waals surface area contributed by atoms with Gasteiger partial charge in [-0.2, -0.15) is 0 Å². The summed E-state index contributed by atoms with van der Waals surface area (Å²) in [7, 11) is 0. The molecule has 0 saturated carbocycles. The van der Waals surface area contributed by atoms with Gasteiger partial charge in [0.25, 0.3) is 0 Å². The average Bonchev–Trinajstić information content (AvgIpc) is 2.72. The smallest absolute Gasteiger partial charge is 0.315 e. The molecule has 96 valence electrons. The fourth-order valence-corrected chi connectivity index (χ4v) is 3.04. The van der Waals surface area contributed by atoms with Crippen LogP contribution in [0.1, 0.15) is 31.2 Å². The van der Waals surface area contributed by atoms with Crippen molar-refractivity contribution in [1.82, 2.24) is 4.98 Å². The first-order valence-electron chi connectivity index (χ1n) is 5.88. The minimum Gasteiger partial charge on any atom is -0.465 e. The number of carbonyl (C=O) groups excluding carboxylic acids is 1. The van der Waals surface area contributed by atoms with Crippen LogP contribution in [0.3, 0.4) is 0 Å². The fraction of sp³-hybridized carbons (Fsp3) is 0.385. The van der Waals surface area contributed by atoms with E-state index in [1.54, 1.807) is 0 Å². The van der Waals surface area contributed by atoms with Crippen LogP contribution in [0.2, 0.25) is 5.02 Å². The summed E-state index contributed by atoms with van der Waals surface area (Å²) in [5.41, 5.74) is 0.838. The van der Waals surface area contributed by atoms with Crippen LogP contribution in [0.5, 0.6) is 0 Å². The molecule has 1 aromatic heterocycles. The Morgan fingerprint density at radius 1 is 1.50 bits per heavy atom. The third-order valence-electron chi connectivity index (χ3n) is 2.64. The predicted octanol–water partition coefficient (Wildman–Crippen LogP) is 4.01. The molecule has 0 N–H and O–H groups in total. The number of ether oxygens (including phenoxy) is 1. The van der Waals surface area contributed by atoms with Crippen LogP contribution >= 0.6 is 22.9 Å². The lowest BCUT2D eigenvalue weighted by Gasteiger charge is -2.09. The normalized spacial score (nSPS) is 12.6. The number of carbonyl (C=O) groups is 1. The quantitative estimate of drug-likeness (QED) is 0.796. The third-order valence-corrected chi connectivity index (χ3v) is 4.03. The highest BCUT2D eigenvalue weighted by Crippen LogP contribution is 2.31. The second kappa shape index (κ2) is 5.67. The summed E-state index contributed by atoms with van der Waals surface area (Å²) < 4.78 is 6.11. The van der Waals surface area contributed by atoms with E-state index < -0.39 is 0 Å².